The molecule has 0 amide bonds. The minimum atomic E-state index is -2.01. The van der Waals surface area contributed by atoms with Crippen LogP contribution in [0, 0.1) is 0 Å². The van der Waals surface area contributed by atoms with Gasteiger partial charge in [-0.1, -0.05) is 186 Å². The highest BCUT2D eigenvalue weighted by atomic mass is 28.3. The molecule has 10 aromatic carbocycles. The Morgan fingerprint density at radius 2 is 0.845 bits per heavy atom. The zero-order chi connectivity index (χ0) is 48.0. The van der Waals surface area contributed by atoms with Crippen LogP contribution in [0.15, 0.2) is 212 Å². The molecule has 0 spiro atoms. The molecule has 0 bridgehead atoms. The molecule has 0 atom stereocenters. The molecule has 3 nitrogen and oxygen atoms in total. The summed E-state index contributed by atoms with van der Waals surface area (Å²) in [5.41, 5.74) is 17.2. The number of nitrogens with zero attached hydrogens (tertiary/aromatic N) is 3. The fourth-order valence-corrected chi connectivity index (χ4v) is 19.1. The number of rotatable bonds is 4. The molecule has 2 aliphatic heterocycles. The molecule has 0 N–H and O–H groups in total. The highest BCUT2D eigenvalue weighted by molar-refractivity contribution is 7.03. The predicted molar refractivity (Wildman–Crippen MR) is 308 cm³/mol. The van der Waals surface area contributed by atoms with Gasteiger partial charge >= 0.3 is 0 Å². The number of hydrogen-bond donors (Lipinski definition) is 0. The summed E-state index contributed by atoms with van der Waals surface area (Å²) >= 11 is 0. The van der Waals surface area contributed by atoms with Crippen LogP contribution >= 0.6 is 0 Å². The topological polar surface area (TPSA) is 19.4 Å². The SMILES string of the molecule is CC1(C)c2ccccc2-c2ccc(-c3c4cc(N5c6ccccc6[Si](C)(C)c6ccccc65)ccc4c(-c4nccc5ccccc45)c4cc(N5c6ccccc6[Si](C)(C)c6ccccc65)ccc34)cc21. The van der Waals surface area contributed by atoms with Crippen molar-refractivity contribution in [3.05, 3.63) is 224 Å². The minimum Gasteiger partial charge on any atom is -0.311 e. The van der Waals surface area contributed by atoms with Gasteiger partial charge in [-0.2, -0.15) is 0 Å². The predicted octanol–water partition coefficient (Wildman–Crippen LogP) is 15.4. The maximum absolute atomic E-state index is 5.38. The van der Waals surface area contributed by atoms with Gasteiger partial charge in [0.2, 0.25) is 0 Å². The molecule has 0 saturated carbocycles. The first-order valence-electron chi connectivity index (χ1n) is 25.1. The Morgan fingerprint density at radius 1 is 0.380 bits per heavy atom. The van der Waals surface area contributed by atoms with E-state index >= 15 is 0 Å². The van der Waals surface area contributed by atoms with E-state index in [1.54, 1.807) is 0 Å². The quantitative estimate of drug-likeness (QED) is 0.129. The molecule has 1 aliphatic carbocycles. The van der Waals surface area contributed by atoms with E-state index in [2.05, 4.69) is 256 Å². The van der Waals surface area contributed by atoms with Crippen LogP contribution in [0.4, 0.5) is 34.1 Å². The van der Waals surface area contributed by atoms with Crippen LogP contribution in [-0.4, -0.2) is 21.1 Å². The summed E-state index contributed by atoms with van der Waals surface area (Å²) in [4.78, 5) is 10.4. The summed E-state index contributed by atoms with van der Waals surface area (Å²) in [5, 5.41) is 12.9. The van der Waals surface area contributed by atoms with E-state index in [-0.39, 0.29) is 5.41 Å². The van der Waals surface area contributed by atoms with Crippen molar-refractivity contribution in [3.63, 3.8) is 0 Å². The average molecular weight is 944 g/mol. The lowest BCUT2D eigenvalue weighted by Crippen LogP contribution is -2.58. The molecular weight excluding hydrogens is 891 g/mol. The van der Waals surface area contributed by atoms with E-state index in [9.17, 15) is 0 Å². The molecule has 0 radical (unpaired) electrons. The van der Waals surface area contributed by atoms with Gasteiger partial charge in [0.1, 0.15) is 16.1 Å². The zero-order valence-electron chi connectivity index (χ0n) is 41.0. The lowest BCUT2D eigenvalue weighted by molar-refractivity contribution is 0.660. The molecule has 0 saturated heterocycles. The van der Waals surface area contributed by atoms with Crippen LogP contribution in [-0.2, 0) is 5.41 Å². The molecule has 340 valence electrons. The van der Waals surface area contributed by atoms with Crippen molar-refractivity contribution in [2.24, 2.45) is 0 Å². The summed E-state index contributed by atoms with van der Waals surface area (Å²) in [6.07, 6.45) is 2.00. The first-order valence-corrected chi connectivity index (χ1v) is 31.1. The third-order valence-electron chi connectivity index (χ3n) is 16.7. The molecule has 0 unspecified atom stereocenters. The van der Waals surface area contributed by atoms with Gasteiger partial charge in [-0.15, -0.1) is 0 Å². The van der Waals surface area contributed by atoms with Crippen molar-refractivity contribution in [3.8, 4) is 33.5 Å². The molecule has 3 aliphatic rings. The summed E-state index contributed by atoms with van der Waals surface area (Å²) in [6, 6.07) is 78.3. The molecule has 0 fully saturated rings. The van der Waals surface area contributed by atoms with Gasteiger partial charge in [-0.3, -0.25) is 4.98 Å². The molecule has 14 rings (SSSR count). The van der Waals surface area contributed by atoms with Gasteiger partial charge in [-0.25, -0.2) is 0 Å². The average Bonchev–Trinajstić information content (AvgIpc) is 3.63. The standard InChI is InChI=1S/C66H53N3Si2/c1-66(2)53-22-10-9-21-47(53)48-34-31-43(39-54(48)66)63-49-35-32-45(69-57-25-13-17-29-61(57)71(5,6)62-30-18-14-26-58(62)69)41-52(49)64(65-46-20-8-7-19-42(46)37-38-67-65)50-36-33-44(40-51(50)63)68-55-23-11-15-27-59(55)70(3,4)60-28-16-12-24-56(60)68/h7-41H,1-6H3. The Labute approximate surface area is 418 Å². The summed E-state index contributed by atoms with van der Waals surface area (Å²) in [6.45, 7) is 14.8. The van der Waals surface area contributed by atoms with Crippen molar-refractivity contribution in [1.29, 1.82) is 0 Å². The molecule has 1 aromatic heterocycles. The van der Waals surface area contributed by atoms with E-state index in [0.717, 1.165) is 28.0 Å². The van der Waals surface area contributed by atoms with Crippen molar-refractivity contribution >= 4 is 103 Å². The van der Waals surface area contributed by atoms with Gasteiger partial charge in [-0.05, 0) is 142 Å². The Balaban J connectivity index is 1.12. The second-order valence-electron chi connectivity index (χ2n) is 21.5. The van der Waals surface area contributed by atoms with Crippen molar-refractivity contribution < 1.29 is 0 Å². The fourth-order valence-electron chi connectivity index (χ4n) is 13.1. The molecule has 11 aromatic rings. The van der Waals surface area contributed by atoms with Crippen LogP contribution < -0.4 is 30.5 Å². The number of pyridine rings is 1. The van der Waals surface area contributed by atoms with E-state index in [1.165, 1.54) is 104 Å². The van der Waals surface area contributed by atoms with Crippen LogP contribution in [0.25, 0.3) is 65.8 Å². The number of aromatic nitrogens is 1. The maximum atomic E-state index is 5.38. The van der Waals surface area contributed by atoms with Gasteiger partial charge in [0, 0.05) is 56.7 Å². The second-order valence-corrected chi connectivity index (χ2v) is 30.2. The van der Waals surface area contributed by atoms with Crippen LogP contribution in [0.3, 0.4) is 0 Å². The Bertz CT molecular complexity index is 3970. The lowest BCUT2D eigenvalue weighted by atomic mass is 9.80. The zero-order valence-corrected chi connectivity index (χ0v) is 43.0. The number of para-hydroxylation sites is 4. The summed E-state index contributed by atoms with van der Waals surface area (Å²) in [5.74, 6) is 0. The van der Waals surface area contributed by atoms with E-state index in [0.29, 0.717) is 0 Å². The van der Waals surface area contributed by atoms with E-state index in [1.807, 2.05) is 6.20 Å². The van der Waals surface area contributed by atoms with Crippen LogP contribution in [0.2, 0.25) is 26.2 Å². The van der Waals surface area contributed by atoms with Crippen molar-refractivity contribution in [1.82, 2.24) is 4.98 Å². The first-order chi connectivity index (χ1) is 34.5. The normalized spacial score (nSPS) is 15.5. The first kappa shape index (κ1) is 42.1. The smallest absolute Gasteiger partial charge is 0.117 e. The summed E-state index contributed by atoms with van der Waals surface area (Å²) in [7, 11) is -4.03. The van der Waals surface area contributed by atoms with Crippen molar-refractivity contribution in [2.45, 2.75) is 45.5 Å². The highest BCUT2D eigenvalue weighted by Gasteiger charge is 2.41. The van der Waals surface area contributed by atoms with Crippen LogP contribution in [0.1, 0.15) is 25.0 Å². The maximum Gasteiger partial charge on any atom is 0.117 e. The highest BCUT2D eigenvalue weighted by Crippen LogP contribution is 2.53. The van der Waals surface area contributed by atoms with E-state index in [4.69, 9.17) is 4.98 Å². The minimum absolute atomic E-state index is 0.164. The largest absolute Gasteiger partial charge is 0.311 e. The summed E-state index contributed by atoms with van der Waals surface area (Å²) < 4.78 is 0. The number of anilines is 6. The molecule has 71 heavy (non-hydrogen) atoms. The molecule has 5 heteroatoms. The van der Waals surface area contributed by atoms with Gasteiger partial charge in [0.25, 0.3) is 0 Å². The molecule has 3 heterocycles. The van der Waals surface area contributed by atoms with E-state index < -0.39 is 16.1 Å². The van der Waals surface area contributed by atoms with Crippen LogP contribution in [0.5, 0.6) is 0 Å². The lowest BCUT2D eigenvalue weighted by Gasteiger charge is -2.41. The molecular formula is C66H53N3Si2. The monoisotopic (exact) mass is 943 g/mol. The third-order valence-corrected chi connectivity index (χ3v) is 23.7. The number of hydrogen-bond acceptors (Lipinski definition) is 3. The Hall–Kier alpha value is -7.84. The third kappa shape index (κ3) is 5.91. The van der Waals surface area contributed by atoms with Crippen molar-refractivity contribution in [2.75, 3.05) is 9.80 Å². The van der Waals surface area contributed by atoms with Gasteiger partial charge < -0.3 is 9.80 Å². The second kappa shape index (κ2) is 15.1. The van der Waals surface area contributed by atoms with Gasteiger partial charge in [0.15, 0.2) is 0 Å². The number of benzene rings is 10. The Morgan fingerprint density at radius 3 is 1.42 bits per heavy atom. The number of fused-ring (bicyclic) bond motifs is 10. The van der Waals surface area contributed by atoms with Gasteiger partial charge in [0.05, 0.1) is 5.69 Å². The fraction of sp³-hybridized carbons (Fsp3) is 0.106. The Kier molecular flexibility index (Phi) is 8.94.